The summed E-state index contributed by atoms with van der Waals surface area (Å²) in [6, 6.07) is 14.6. The second-order valence-corrected chi connectivity index (χ2v) is 7.46. The lowest BCUT2D eigenvalue weighted by Gasteiger charge is -2.36. The molecular weight excluding hydrogens is 396 g/mol. The Morgan fingerprint density at radius 1 is 0.968 bits per heavy atom. The highest BCUT2D eigenvalue weighted by atomic mass is 16.5. The van der Waals surface area contributed by atoms with E-state index < -0.39 is 0 Å². The van der Waals surface area contributed by atoms with Crippen LogP contribution in [0, 0.1) is 0 Å². The molecule has 0 atom stereocenters. The maximum absolute atomic E-state index is 12.7. The molecule has 1 aromatic heterocycles. The summed E-state index contributed by atoms with van der Waals surface area (Å²) in [6.45, 7) is 5.33. The van der Waals surface area contributed by atoms with E-state index in [4.69, 9.17) is 4.74 Å². The van der Waals surface area contributed by atoms with Gasteiger partial charge in [0.25, 0.3) is 11.1 Å². The highest BCUT2D eigenvalue weighted by molar-refractivity contribution is 5.80. The van der Waals surface area contributed by atoms with E-state index in [0.717, 1.165) is 11.4 Å². The standard InChI is InChI=1S/C23H26N4O4/c1-2-31-20-10-6-5-9-19(20)25-13-15-26(16-14-25)21(28)11-12-27-23(30)18-8-4-3-7-17(18)22(29)24-27/h3-10H,2,11-16H2,1H3,(H,24,29). The fourth-order valence-electron chi connectivity index (χ4n) is 3.96. The summed E-state index contributed by atoms with van der Waals surface area (Å²) in [4.78, 5) is 41.6. The van der Waals surface area contributed by atoms with Gasteiger partial charge in [-0.2, -0.15) is 0 Å². The number of nitrogens with zero attached hydrogens (tertiary/aromatic N) is 3. The smallest absolute Gasteiger partial charge is 0.273 e. The van der Waals surface area contributed by atoms with Crippen LogP contribution in [0.25, 0.3) is 10.8 Å². The molecule has 31 heavy (non-hydrogen) atoms. The summed E-state index contributed by atoms with van der Waals surface area (Å²) in [5, 5.41) is 3.30. The average molecular weight is 422 g/mol. The summed E-state index contributed by atoms with van der Waals surface area (Å²) in [5.41, 5.74) is 0.418. The zero-order chi connectivity index (χ0) is 21.8. The first kappa shape index (κ1) is 20.7. The minimum absolute atomic E-state index is 0.0290. The minimum Gasteiger partial charge on any atom is -0.492 e. The largest absolute Gasteiger partial charge is 0.492 e. The topological polar surface area (TPSA) is 87.6 Å². The number of para-hydroxylation sites is 2. The number of nitrogens with one attached hydrogen (secondary N) is 1. The number of benzene rings is 2. The van der Waals surface area contributed by atoms with E-state index in [1.54, 1.807) is 24.3 Å². The van der Waals surface area contributed by atoms with Crippen LogP contribution in [0.2, 0.25) is 0 Å². The number of ether oxygens (including phenoxy) is 1. The number of amides is 1. The lowest BCUT2D eigenvalue weighted by Crippen LogP contribution is -2.49. The number of carbonyl (C=O) groups excluding carboxylic acids is 1. The van der Waals surface area contributed by atoms with Gasteiger partial charge >= 0.3 is 0 Å². The van der Waals surface area contributed by atoms with Crippen molar-refractivity contribution in [3.63, 3.8) is 0 Å². The monoisotopic (exact) mass is 422 g/mol. The van der Waals surface area contributed by atoms with Crippen LogP contribution in [-0.2, 0) is 11.3 Å². The molecule has 8 heteroatoms. The molecule has 2 heterocycles. The van der Waals surface area contributed by atoms with Gasteiger partial charge in [0.05, 0.1) is 29.6 Å². The molecule has 0 spiro atoms. The van der Waals surface area contributed by atoms with Crippen molar-refractivity contribution in [2.24, 2.45) is 0 Å². The van der Waals surface area contributed by atoms with Crippen molar-refractivity contribution in [2.45, 2.75) is 19.9 Å². The number of aromatic amines is 1. The Kier molecular flexibility index (Phi) is 6.06. The summed E-state index contributed by atoms with van der Waals surface area (Å²) in [5.74, 6) is 0.822. The SMILES string of the molecule is CCOc1ccccc1N1CCN(C(=O)CCn2[nH]c(=O)c3ccccc3c2=O)CC1. The van der Waals surface area contributed by atoms with Crippen LogP contribution < -0.4 is 20.8 Å². The highest BCUT2D eigenvalue weighted by Crippen LogP contribution is 2.28. The predicted molar refractivity (Wildman–Crippen MR) is 120 cm³/mol. The van der Waals surface area contributed by atoms with Gasteiger partial charge in [-0.1, -0.05) is 24.3 Å². The number of rotatable bonds is 6. The third kappa shape index (κ3) is 4.33. The molecule has 3 aromatic rings. The number of aryl methyl sites for hydroxylation is 1. The quantitative estimate of drug-likeness (QED) is 0.655. The van der Waals surface area contributed by atoms with Crippen molar-refractivity contribution < 1.29 is 9.53 Å². The first-order chi connectivity index (χ1) is 15.1. The number of aromatic nitrogens is 2. The maximum atomic E-state index is 12.7. The van der Waals surface area contributed by atoms with Gasteiger partial charge in [0.15, 0.2) is 0 Å². The number of hydrogen-bond acceptors (Lipinski definition) is 5. The van der Waals surface area contributed by atoms with Crippen LogP contribution in [0.15, 0.2) is 58.1 Å². The third-order valence-electron chi connectivity index (χ3n) is 5.57. The molecule has 1 aliphatic heterocycles. The summed E-state index contributed by atoms with van der Waals surface area (Å²) in [7, 11) is 0. The Balaban J connectivity index is 1.38. The van der Waals surface area contributed by atoms with Crippen molar-refractivity contribution in [3.05, 3.63) is 69.2 Å². The Hall–Kier alpha value is -3.55. The van der Waals surface area contributed by atoms with E-state index >= 15 is 0 Å². The van der Waals surface area contributed by atoms with E-state index in [0.29, 0.717) is 43.6 Å². The van der Waals surface area contributed by atoms with E-state index in [1.165, 1.54) is 4.68 Å². The van der Waals surface area contributed by atoms with Gasteiger partial charge in [-0.3, -0.25) is 19.5 Å². The van der Waals surface area contributed by atoms with Gasteiger partial charge in [-0.25, -0.2) is 4.68 Å². The molecule has 4 rings (SSSR count). The van der Waals surface area contributed by atoms with Crippen LogP contribution in [0.3, 0.4) is 0 Å². The van der Waals surface area contributed by atoms with E-state index in [-0.39, 0.29) is 30.0 Å². The summed E-state index contributed by atoms with van der Waals surface area (Å²) in [6.07, 6.45) is 0.156. The predicted octanol–water partition coefficient (Wildman–Crippen LogP) is 1.83. The molecule has 0 radical (unpaired) electrons. The fourth-order valence-corrected chi connectivity index (χ4v) is 3.96. The lowest BCUT2D eigenvalue weighted by molar-refractivity contribution is -0.131. The van der Waals surface area contributed by atoms with Crippen LogP contribution in [-0.4, -0.2) is 53.4 Å². The van der Waals surface area contributed by atoms with Gasteiger partial charge in [-0.15, -0.1) is 0 Å². The second kappa shape index (κ2) is 9.07. The Bertz CT molecular complexity index is 1190. The van der Waals surface area contributed by atoms with Gasteiger partial charge in [-0.05, 0) is 31.2 Å². The van der Waals surface area contributed by atoms with Crippen molar-refractivity contribution in [1.29, 1.82) is 0 Å². The molecule has 8 nitrogen and oxygen atoms in total. The van der Waals surface area contributed by atoms with Crippen molar-refractivity contribution in [3.8, 4) is 5.75 Å². The minimum atomic E-state index is -0.329. The zero-order valence-corrected chi connectivity index (χ0v) is 17.5. The van der Waals surface area contributed by atoms with Gasteiger partial charge in [0.2, 0.25) is 5.91 Å². The average Bonchev–Trinajstić information content (AvgIpc) is 2.81. The molecule has 1 fully saturated rings. The van der Waals surface area contributed by atoms with Gasteiger partial charge in [0.1, 0.15) is 5.75 Å². The number of fused-ring (bicyclic) bond motifs is 1. The molecule has 0 aliphatic carbocycles. The van der Waals surface area contributed by atoms with E-state index in [2.05, 4.69) is 10.00 Å². The van der Waals surface area contributed by atoms with Crippen LogP contribution in [0.1, 0.15) is 13.3 Å². The lowest BCUT2D eigenvalue weighted by atomic mass is 10.2. The number of piperazine rings is 1. The van der Waals surface area contributed by atoms with E-state index in [9.17, 15) is 14.4 Å². The van der Waals surface area contributed by atoms with Crippen LogP contribution in [0.5, 0.6) is 5.75 Å². The Labute approximate surface area is 179 Å². The zero-order valence-electron chi connectivity index (χ0n) is 17.5. The number of carbonyl (C=O) groups is 1. The number of hydrogen-bond donors (Lipinski definition) is 1. The molecule has 162 valence electrons. The maximum Gasteiger partial charge on any atom is 0.273 e. The van der Waals surface area contributed by atoms with Crippen LogP contribution >= 0.6 is 0 Å². The molecule has 0 unspecified atom stereocenters. The van der Waals surface area contributed by atoms with Crippen LogP contribution in [0.4, 0.5) is 5.69 Å². The molecule has 1 N–H and O–H groups in total. The fraction of sp³-hybridized carbons (Fsp3) is 0.348. The van der Waals surface area contributed by atoms with Crippen molar-refractivity contribution in [2.75, 3.05) is 37.7 Å². The number of H-pyrrole nitrogens is 1. The normalized spacial score (nSPS) is 14.1. The van der Waals surface area contributed by atoms with E-state index in [1.807, 2.05) is 36.1 Å². The first-order valence-corrected chi connectivity index (χ1v) is 10.5. The summed E-state index contributed by atoms with van der Waals surface area (Å²) >= 11 is 0. The Morgan fingerprint density at radius 2 is 1.65 bits per heavy atom. The summed E-state index contributed by atoms with van der Waals surface area (Å²) < 4.78 is 6.95. The molecule has 1 amide bonds. The highest BCUT2D eigenvalue weighted by Gasteiger charge is 2.23. The van der Waals surface area contributed by atoms with Crippen molar-refractivity contribution >= 4 is 22.4 Å². The van der Waals surface area contributed by atoms with Gasteiger partial charge in [0, 0.05) is 32.6 Å². The molecule has 0 bridgehead atoms. The van der Waals surface area contributed by atoms with Crippen molar-refractivity contribution in [1.82, 2.24) is 14.7 Å². The second-order valence-electron chi connectivity index (χ2n) is 7.46. The molecule has 0 saturated carbocycles. The third-order valence-corrected chi connectivity index (χ3v) is 5.57. The molecule has 1 saturated heterocycles. The van der Waals surface area contributed by atoms with Gasteiger partial charge < -0.3 is 14.5 Å². The Morgan fingerprint density at radius 3 is 2.39 bits per heavy atom. The molecular formula is C23H26N4O4. The molecule has 2 aromatic carbocycles. The first-order valence-electron chi connectivity index (χ1n) is 10.5. The molecule has 1 aliphatic rings. The number of anilines is 1.